The second-order valence-corrected chi connectivity index (χ2v) is 27.9. The van der Waals surface area contributed by atoms with Gasteiger partial charge in [-0.25, -0.2) is 0 Å². The quantitative estimate of drug-likeness (QED) is 0.0513. The maximum Gasteiger partial charge on any atom is 0.201 e. The first-order valence-corrected chi connectivity index (χ1v) is 40.0. The van der Waals surface area contributed by atoms with Crippen LogP contribution in [0.15, 0.2) is 87.2 Å². The van der Waals surface area contributed by atoms with E-state index >= 15 is 0 Å². The fraction of sp³-hybridized carbons (Fsp3) is 0.750. The summed E-state index contributed by atoms with van der Waals surface area (Å²) < 4.78 is 18.8. The maximum atomic E-state index is 14.0. The van der Waals surface area contributed by atoms with Gasteiger partial charge < -0.3 is 28.9 Å². The highest BCUT2D eigenvalue weighted by atomic mass is 16.5. The Morgan fingerprint density at radius 1 is 0.226 bits per heavy atom. The molecule has 0 amide bonds. The van der Waals surface area contributed by atoms with Crippen molar-refractivity contribution in [1.29, 1.82) is 0 Å². The van der Waals surface area contributed by atoms with E-state index < -0.39 is 0 Å². The van der Waals surface area contributed by atoms with Gasteiger partial charge in [-0.05, 0) is 111 Å². The molecule has 93 heavy (non-hydrogen) atoms. The summed E-state index contributed by atoms with van der Waals surface area (Å²) in [6, 6.07) is 22.2. The number of hydrogen-bond acceptors (Lipinski definition) is 9. The molecule has 4 rings (SSSR count). The molecule has 1 heterocycles. The average Bonchev–Trinajstić information content (AvgIpc) is 1.93. The van der Waals surface area contributed by atoms with Gasteiger partial charge in [0, 0.05) is 39.3 Å². The minimum absolute atomic E-state index is 0.0406. The number of unbranched alkanes of at least 4 members (excludes halogenated alkanes) is 45. The van der Waals surface area contributed by atoms with Crippen LogP contribution in [0.25, 0.3) is 0 Å². The molecular formula is C84H141N3O6. The molecule has 1 aliphatic rings. The Morgan fingerprint density at radius 2 is 0.387 bits per heavy atom. The summed E-state index contributed by atoms with van der Waals surface area (Å²) in [5.74, 6) is 2.15. The third-order valence-corrected chi connectivity index (χ3v) is 19.6. The van der Waals surface area contributed by atoms with Crippen molar-refractivity contribution < 1.29 is 14.2 Å². The van der Waals surface area contributed by atoms with E-state index in [0.717, 1.165) is 57.8 Å². The molecule has 9 heteroatoms. The molecule has 0 aliphatic carbocycles. The molecule has 1 saturated heterocycles. The summed E-state index contributed by atoms with van der Waals surface area (Å²) in [5.41, 5.74) is 1.81. The predicted octanol–water partition coefficient (Wildman–Crippen LogP) is 23.7. The maximum absolute atomic E-state index is 14.0. The fourth-order valence-electron chi connectivity index (χ4n) is 13.6. The molecule has 9 nitrogen and oxygen atoms in total. The third kappa shape index (κ3) is 41.2. The molecular weight excluding hydrogens is 1150 g/mol. The monoisotopic (exact) mass is 1290 g/mol. The summed E-state index contributed by atoms with van der Waals surface area (Å²) in [6.07, 6.45) is 66.3. The summed E-state index contributed by atoms with van der Waals surface area (Å²) in [7, 11) is 0. The van der Waals surface area contributed by atoms with Crippen molar-refractivity contribution in [2.24, 2.45) is 0 Å². The molecule has 0 unspecified atom stereocenters. The summed E-state index contributed by atoms with van der Waals surface area (Å²) >= 11 is 0. The fourth-order valence-corrected chi connectivity index (χ4v) is 13.6. The zero-order chi connectivity index (χ0) is 66.0. The van der Waals surface area contributed by atoms with Crippen molar-refractivity contribution in [3.05, 3.63) is 103 Å². The Bertz CT molecular complexity index is 2140. The van der Waals surface area contributed by atoms with E-state index in [-0.39, 0.29) is 16.3 Å². The number of anilines is 3. The molecule has 0 saturated carbocycles. The highest BCUT2D eigenvalue weighted by Gasteiger charge is 2.18. The lowest BCUT2D eigenvalue weighted by Crippen LogP contribution is -2.39. The van der Waals surface area contributed by atoms with E-state index in [4.69, 9.17) is 14.2 Å². The molecule has 3 aromatic carbocycles. The Kier molecular flexibility index (Phi) is 50.2. The Hall–Kier alpha value is -4.53. The second-order valence-electron chi connectivity index (χ2n) is 27.9. The first kappa shape index (κ1) is 80.9. The normalized spacial score (nSPS) is 13.3. The van der Waals surface area contributed by atoms with Gasteiger partial charge in [0.1, 0.15) is 17.2 Å². The van der Waals surface area contributed by atoms with Crippen LogP contribution in [0.5, 0.6) is 17.2 Å². The van der Waals surface area contributed by atoms with Gasteiger partial charge >= 0.3 is 0 Å². The number of rotatable bonds is 57. The van der Waals surface area contributed by atoms with Crippen molar-refractivity contribution in [2.45, 2.75) is 348 Å². The van der Waals surface area contributed by atoms with E-state index in [1.54, 1.807) is 18.2 Å². The standard InChI is InChI=1S/C84H141N3O6/c1-4-7-10-13-16-19-22-25-28-31-34-37-40-43-46-49-73-91-76-55-61-79(82(88)64-58-76)85-67-52-69-86(80-62-56-77(59-65-83(80)89)92-74-50-47-44-41-38-35-32-29-26-23-20-17-14-11-8-5-2)71-54-72-87(70-53-68-85)81-63-57-78(60-66-84(81)90)93-75-51-48-45-42-39-36-33-30-27-24-21-18-15-12-9-6-3/h55-66H,4-54,67-75H2,1-3H3. The Balaban J connectivity index is 1.31. The second kappa shape index (κ2) is 57.7. The first-order valence-electron chi connectivity index (χ1n) is 40.0. The van der Waals surface area contributed by atoms with Gasteiger partial charge in [0.05, 0.1) is 36.9 Å². The summed E-state index contributed by atoms with van der Waals surface area (Å²) in [4.78, 5) is 48.7. The van der Waals surface area contributed by atoms with E-state index in [1.807, 2.05) is 54.6 Å². The first-order chi connectivity index (χ1) is 45.9. The number of nitrogens with zero attached hydrogens (tertiary/aromatic N) is 3. The minimum atomic E-state index is -0.0406. The smallest absolute Gasteiger partial charge is 0.201 e. The molecule has 1 fully saturated rings. The highest BCUT2D eigenvalue weighted by Crippen LogP contribution is 2.23. The van der Waals surface area contributed by atoms with Crippen LogP contribution in [0.2, 0.25) is 0 Å². The van der Waals surface area contributed by atoms with Crippen molar-refractivity contribution in [3.63, 3.8) is 0 Å². The molecule has 1 aliphatic heterocycles. The van der Waals surface area contributed by atoms with Crippen LogP contribution >= 0.6 is 0 Å². The van der Waals surface area contributed by atoms with Crippen molar-refractivity contribution in [3.8, 4) is 17.2 Å². The number of hydrogen-bond donors (Lipinski definition) is 0. The van der Waals surface area contributed by atoms with E-state index in [0.29, 0.717) is 93.4 Å². The van der Waals surface area contributed by atoms with Gasteiger partial charge in [0.15, 0.2) is 0 Å². The van der Waals surface area contributed by atoms with Crippen LogP contribution in [-0.4, -0.2) is 59.1 Å². The van der Waals surface area contributed by atoms with Gasteiger partial charge in [-0.2, -0.15) is 0 Å². The van der Waals surface area contributed by atoms with Crippen molar-refractivity contribution in [2.75, 3.05) is 73.8 Å². The molecule has 0 spiro atoms. The predicted molar refractivity (Wildman–Crippen MR) is 404 cm³/mol. The molecule has 0 aromatic heterocycles. The molecule has 0 radical (unpaired) electrons. The largest absolute Gasteiger partial charge is 0.494 e. The third-order valence-electron chi connectivity index (χ3n) is 19.6. The van der Waals surface area contributed by atoms with Crippen molar-refractivity contribution in [1.82, 2.24) is 0 Å². The SMILES string of the molecule is CCCCCCCCCCCCCCCCCCOc1ccc(N2CCCN(c3ccc(OCCCCCCCCCCCCCCCCCC)ccc3=O)CCCN(c3ccc(OCCCCCCCCCCCCCCCCCC)ccc3=O)CCC2)c(=O)cc1. The summed E-state index contributed by atoms with van der Waals surface area (Å²) in [5, 5.41) is 0. The van der Waals surface area contributed by atoms with Crippen LogP contribution in [0.3, 0.4) is 0 Å². The van der Waals surface area contributed by atoms with Gasteiger partial charge in [0.2, 0.25) is 16.3 Å². The zero-order valence-electron chi connectivity index (χ0n) is 60.6. The lowest BCUT2D eigenvalue weighted by Gasteiger charge is -2.31. The molecule has 0 bridgehead atoms. The van der Waals surface area contributed by atoms with Gasteiger partial charge in [-0.3, -0.25) is 14.4 Å². The Labute approximate surface area is 571 Å². The topological polar surface area (TPSA) is 88.6 Å². The molecule has 528 valence electrons. The minimum Gasteiger partial charge on any atom is -0.494 e. The lowest BCUT2D eigenvalue weighted by molar-refractivity contribution is 0.304. The Morgan fingerprint density at radius 3 is 0.570 bits per heavy atom. The van der Waals surface area contributed by atoms with Crippen molar-refractivity contribution >= 4 is 17.1 Å². The van der Waals surface area contributed by atoms with Gasteiger partial charge in [-0.1, -0.05) is 310 Å². The van der Waals surface area contributed by atoms with Crippen LogP contribution in [-0.2, 0) is 0 Å². The molecule has 0 atom stereocenters. The zero-order valence-corrected chi connectivity index (χ0v) is 60.6. The van der Waals surface area contributed by atoms with Crippen LogP contribution in [0.4, 0.5) is 17.1 Å². The highest BCUT2D eigenvalue weighted by molar-refractivity contribution is 5.50. The summed E-state index contributed by atoms with van der Waals surface area (Å²) in [6.45, 7) is 12.6. The molecule has 0 N–H and O–H groups in total. The van der Waals surface area contributed by atoms with Crippen LogP contribution in [0, 0.1) is 0 Å². The van der Waals surface area contributed by atoms with Crippen LogP contribution in [0.1, 0.15) is 348 Å². The van der Waals surface area contributed by atoms with E-state index in [1.165, 1.54) is 270 Å². The number of ether oxygens (including phenoxy) is 3. The van der Waals surface area contributed by atoms with E-state index in [2.05, 4.69) is 35.5 Å². The van der Waals surface area contributed by atoms with E-state index in [9.17, 15) is 14.4 Å². The van der Waals surface area contributed by atoms with Gasteiger partial charge in [-0.15, -0.1) is 0 Å². The van der Waals surface area contributed by atoms with Crippen LogP contribution < -0.4 is 45.2 Å². The average molecular weight is 1290 g/mol. The lowest BCUT2D eigenvalue weighted by atomic mass is 10.0. The van der Waals surface area contributed by atoms with Gasteiger partial charge in [0.25, 0.3) is 0 Å². The molecule has 3 aromatic rings.